The van der Waals surface area contributed by atoms with Crippen LogP contribution in [0.5, 0.6) is 0 Å². The van der Waals surface area contributed by atoms with Crippen LogP contribution in [0.25, 0.3) is 16.9 Å². The average Bonchev–Trinajstić information content (AvgIpc) is 2.86. The van der Waals surface area contributed by atoms with Crippen molar-refractivity contribution in [2.75, 3.05) is 5.73 Å². The van der Waals surface area contributed by atoms with E-state index in [0.29, 0.717) is 21.7 Å². The molecule has 5 nitrogen and oxygen atoms in total. The number of aromatic nitrogens is 4. The lowest BCUT2D eigenvalue weighted by Crippen LogP contribution is -2.05. The molecule has 2 N–H and O–H groups in total. The first-order valence-electron chi connectivity index (χ1n) is 5.73. The van der Waals surface area contributed by atoms with Crippen LogP contribution >= 0.6 is 39.1 Å². The Bertz CT molecular complexity index is 836. The molecule has 3 rings (SSSR count). The number of benzene rings is 1. The van der Waals surface area contributed by atoms with Crippen LogP contribution < -0.4 is 5.73 Å². The minimum atomic E-state index is 0.344. The number of rotatable bonds is 1. The Labute approximate surface area is 133 Å². The Hall–Kier alpha value is -1.24. The molecule has 8 heteroatoms. The van der Waals surface area contributed by atoms with Gasteiger partial charge in [0, 0.05) is 11.5 Å². The number of hydrogen-bond donors (Lipinski definition) is 1. The second-order valence-corrected chi connectivity index (χ2v) is 5.99. The predicted molar refractivity (Wildman–Crippen MR) is 84.7 cm³/mol. The molecule has 0 unspecified atom stereocenters. The first-order valence-corrected chi connectivity index (χ1v) is 7.28. The molecular formula is C12H10BrCl2N5. The van der Waals surface area contributed by atoms with Gasteiger partial charge in [-0.3, -0.25) is 4.57 Å². The van der Waals surface area contributed by atoms with Crippen LogP contribution in [0.4, 0.5) is 5.95 Å². The first kappa shape index (κ1) is 13.7. The van der Waals surface area contributed by atoms with Gasteiger partial charge in [0.15, 0.2) is 5.65 Å². The Morgan fingerprint density at radius 1 is 1.25 bits per heavy atom. The van der Waals surface area contributed by atoms with Crippen LogP contribution in [0, 0.1) is 6.92 Å². The molecule has 0 bridgehead atoms. The highest BCUT2D eigenvalue weighted by molar-refractivity contribution is 9.10. The van der Waals surface area contributed by atoms with Gasteiger partial charge in [-0.15, -0.1) is 0 Å². The third kappa shape index (κ3) is 1.82. The topological polar surface area (TPSA) is 61.7 Å². The number of aryl methyl sites for hydroxylation is 2. The Morgan fingerprint density at radius 2 is 1.95 bits per heavy atom. The molecule has 0 saturated carbocycles. The molecule has 0 radical (unpaired) electrons. The molecule has 0 fully saturated rings. The Kier molecular flexibility index (Phi) is 3.19. The standard InChI is InChI=1S/C12H10BrCl2N5/c1-5-10-11(19(2)18-5)20(12(16)17-10)7-4-3-6(13)8(14)9(7)15/h3-4H,1-2H3,(H2,16,17). The molecule has 0 aliphatic carbocycles. The minimum absolute atomic E-state index is 0.344. The summed E-state index contributed by atoms with van der Waals surface area (Å²) in [5.41, 5.74) is 9.03. The molecule has 0 saturated heterocycles. The molecule has 0 amide bonds. The van der Waals surface area contributed by atoms with Gasteiger partial charge >= 0.3 is 0 Å². The van der Waals surface area contributed by atoms with Crippen molar-refractivity contribution in [3.63, 3.8) is 0 Å². The number of fused-ring (bicyclic) bond motifs is 1. The van der Waals surface area contributed by atoms with Crippen LogP contribution in [-0.4, -0.2) is 19.3 Å². The van der Waals surface area contributed by atoms with Gasteiger partial charge in [-0.2, -0.15) is 5.10 Å². The lowest BCUT2D eigenvalue weighted by molar-refractivity contribution is 0.762. The van der Waals surface area contributed by atoms with E-state index >= 15 is 0 Å². The van der Waals surface area contributed by atoms with Gasteiger partial charge in [0.1, 0.15) is 5.52 Å². The average molecular weight is 375 g/mol. The van der Waals surface area contributed by atoms with E-state index in [2.05, 4.69) is 26.0 Å². The van der Waals surface area contributed by atoms with Gasteiger partial charge in [0.2, 0.25) is 5.95 Å². The van der Waals surface area contributed by atoms with Gasteiger partial charge in [-0.1, -0.05) is 23.2 Å². The van der Waals surface area contributed by atoms with Gasteiger partial charge in [-0.05, 0) is 35.0 Å². The van der Waals surface area contributed by atoms with E-state index in [1.54, 1.807) is 9.25 Å². The van der Waals surface area contributed by atoms with Crippen LogP contribution in [0.1, 0.15) is 5.69 Å². The summed E-state index contributed by atoms with van der Waals surface area (Å²) in [5.74, 6) is 0.344. The third-order valence-corrected chi connectivity index (χ3v) is 4.85. The summed E-state index contributed by atoms with van der Waals surface area (Å²) < 4.78 is 4.19. The van der Waals surface area contributed by atoms with E-state index in [1.165, 1.54) is 0 Å². The molecule has 1 aromatic carbocycles. The van der Waals surface area contributed by atoms with Crippen molar-refractivity contribution in [3.8, 4) is 5.69 Å². The summed E-state index contributed by atoms with van der Waals surface area (Å²) in [6.07, 6.45) is 0. The highest BCUT2D eigenvalue weighted by Crippen LogP contribution is 2.37. The monoisotopic (exact) mass is 373 g/mol. The van der Waals surface area contributed by atoms with Gasteiger partial charge in [0.05, 0.1) is 21.4 Å². The van der Waals surface area contributed by atoms with Gasteiger partial charge < -0.3 is 5.73 Å². The molecule has 0 aliphatic rings. The minimum Gasteiger partial charge on any atom is -0.369 e. The fraction of sp³-hybridized carbons (Fsp3) is 0.167. The highest BCUT2D eigenvalue weighted by atomic mass is 79.9. The summed E-state index contributed by atoms with van der Waals surface area (Å²) >= 11 is 15.8. The Balaban J connectivity index is 2.41. The molecule has 2 heterocycles. The van der Waals surface area contributed by atoms with E-state index in [9.17, 15) is 0 Å². The fourth-order valence-electron chi connectivity index (χ4n) is 2.22. The molecule has 2 aromatic heterocycles. The van der Waals surface area contributed by atoms with E-state index in [-0.39, 0.29) is 0 Å². The normalized spacial score (nSPS) is 11.4. The van der Waals surface area contributed by atoms with Crippen molar-refractivity contribution in [1.82, 2.24) is 19.3 Å². The smallest absolute Gasteiger partial charge is 0.207 e. The number of hydrogen-bond acceptors (Lipinski definition) is 3. The van der Waals surface area contributed by atoms with Crippen LogP contribution in [0.15, 0.2) is 16.6 Å². The van der Waals surface area contributed by atoms with Crippen molar-refractivity contribution in [2.45, 2.75) is 6.92 Å². The zero-order valence-corrected chi connectivity index (χ0v) is 13.8. The first-order chi connectivity index (χ1) is 9.41. The fourth-order valence-corrected chi connectivity index (χ4v) is 3.07. The number of nitrogens with two attached hydrogens (primary N) is 1. The maximum absolute atomic E-state index is 6.33. The summed E-state index contributed by atoms with van der Waals surface area (Å²) in [5, 5.41) is 5.18. The summed E-state index contributed by atoms with van der Waals surface area (Å²) in [4.78, 5) is 4.35. The zero-order chi connectivity index (χ0) is 14.6. The number of nitrogen functional groups attached to an aromatic ring is 1. The number of imidazole rings is 1. The van der Waals surface area contributed by atoms with Gasteiger partial charge in [0.25, 0.3) is 0 Å². The van der Waals surface area contributed by atoms with Crippen molar-refractivity contribution in [2.24, 2.45) is 7.05 Å². The molecule has 3 aromatic rings. The van der Waals surface area contributed by atoms with Crippen molar-refractivity contribution in [3.05, 3.63) is 32.3 Å². The number of nitrogens with zero attached hydrogens (tertiary/aromatic N) is 4. The maximum atomic E-state index is 6.33. The van der Waals surface area contributed by atoms with Crippen molar-refractivity contribution >= 4 is 56.2 Å². The van der Waals surface area contributed by atoms with Crippen LogP contribution in [-0.2, 0) is 7.05 Å². The second-order valence-electron chi connectivity index (χ2n) is 4.38. The Morgan fingerprint density at radius 3 is 2.65 bits per heavy atom. The number of halogens is 3. The lowest BCUT2D eigenvalue weighted by atomic mass is 10.3. The van der Waals surface area contributed by atoms with Gasteiger partial charge in [-0.25, -0.2) is 9.67 Å². The molecular weight excluding hydrogens is 365 g/mol. The molecule has 104 valence electrons. The zero-order valence-electron chi connectivity index (χ0n) is 10.7. The van der Waals surface area contributed by atoms with E-state index in [1.807, 2.05) is 26.1 Å². The molecule has 20 heavy (non-hydrogen) atoms. The SMILES string of the molecule is Cc1nn(C)c2c1nc(N)n2-c1ccc(Br)c(Cl)c1Cl. The van der Waals surface area contributed by atoms with E-state index in [4.69, 9.17) is 28.9 Å². The summed E-state index contributed by atoms with van der Waals surface area (Å²) in [6, 6.07) is 3.65. The van der Waals surface area contributed by atoms with E-state index < -0.39 is 0 Å². The lowest BCUT2D eigenvalue weighted by Gasteiger charge is -2.11. The third-order valence-electron chi connectivity index (χ3n) is 3.08. The summed E-state index contributed by atoms with van der Waals surface area (Å²) in [6.45, 7) is 1.88. The predicted octanol–water partition coefficient (Wildman–Crippen LogP) is 3.72. The number of anilines is 1. The van der Waals surface area contributed by atoms with E-state index in [0.717, 1.165) is 21.3 Å². The maximum Gasteiger partial charge on any atom is 0.207 e. The van der Waals surface area contributed by atoms with Crippen LogP contribution in [0.3, 0.4) is 0 Å². The summed E-state index contributed by atoms with van der Waals surface area (Å²) in [7, 11) is 1.83. The van der Waals surface area contributed by atoms with Crippen LogP contribution in [0.2, 0.25) is 10.0 Å². The quantitative estimate of drug-likeness (QED) is 0.660. The van der Waals surface area contributed by atoms with Crippen molar-refractivity contribution < 1.29 is 0 Å². The second kappa shape index (κ2) is 4.65. The molecule has 0 spiro atoms. The molecule has 0 atom stereocenters. The van der Waals surface area contributed by atoms with Crippen molar-refractivity contribution in [1.29, 1.82) is 0 Å². The largest absolute Gasteiger partial charge is 0.369 e. The molecule has 0 aliphatic heterocycles. The highest BCUT2D eigenvalue weighted by Gasteiger charge is 2.20.